The van der Waals surface area contributed by atoms with Gasteiger partial charge in [-0.05, 0) is 91.0 Å². The molecule has 0 spiro atoms. The van der Waals surface area contributed by atoms with Crippen LogP contribution in [0.3, 0.4) is 0 Å². The van der Waals surface area contributed by atoms with Crippen LogP contribution in [0.2, 0.25) is 0 Å². The van der Waals surface area contributed by atoms with Crippen molar-refractivity contribution in [1.82, 2.24) is 9.80 Å². The predicted octanol–water partition coefficient (Wildman–Crippen LogP) is 8.40. The number of rotatable bonds is 23. The molecule has 2 aliphatic heterocycles. The van der Waals surface area contributed by atoms with E-state index >= 15 is 0 Å². The molecule has 0 aromatic heterocycles. The highest BCUT2D eigenvalue weighted by Gasteiger charge is 2.65. The zero-order valence-corrected chi connectivity index (χ0v) is 35.2. The second kappa shape index (κ2) is 20.7. The number of aliphatic hydroxyl groups excluding tert-OH is 2. The van der Waals surface area contributed by atoms with Gasteiger partial charge >= 0.3 is 6.09 Å². The van der Waals surface area contributed by atoms with Crippen LogP contribution in [0.15, 0.2) is 103 Å². The fourth-order valence-corrected chi connectivity index (χ4v) is 9.70. The molecule has 1 amide bonds. The fourth-order valence-electron chi connectivity index (χ4n) is 9.70. The molecule has 11 heteroatoms. The summed E-state index contributed by atoms with van der Waals surface area (Å²) < 4.78 is 27.0. The summed E-state index contributed by atoms with van der Waals surface area (Å²) in [6, 6.07) is 19.7. The minimum atomic E-state index is -1.40. The number of nitrogens with zero attached hydrogens (tertiary/aromatic N) is 3. The Balaban J connectivity index is 1.43. The molecule has 7 rings (SSSR count). The van der Waals surface area contributed by atoms with E-state index in [0.717, 1.165) is 84.3 Å². The number of unbranched alkanes of at least 4 members (excludes halogenated alkanes) is 2. The summed E-state index contributed by atoms with van der Waals surface area (Å²) in [6.07, 6.45) is 10.9. The zero-order valence-electron chi connectivity index (χ0n) is 35.2. The van der Waals surface area contributed by atoms with Crippen molar-refractivity contribution < 1.29 is 38.8 Å². The van der Waals surface area contributed by atoms with Crippen molar-refractivity contribution in [3.05, 3.63) is 109 Å². The van der Waals surface area contributed by atoms with Crippen LogP contribution in [-0.4, -0.2) is 103 Å². The van der Waals surface area contributed by atoms with Gasteiger partial charge in [-0.1, -0.05) is 78.7 Å². The Kier molecular flexibility index (Phi) is 15.0. The van der Waals surface area contributed by atoms with Crippen molar-refractivity contribution in [1.29, 1.82) is 0 Å². The minimum Gasteiger partial charge on any atom is -0.492 e. The lowest BCUT2D eigenvalue weighted by Gasteiger charge is -2.60. The van der Waals surface area contributed by atoms with E-state index in [1.165, 1.54) is 0 Å². The Morgan fingerprint density at radius 3 is 2.57 bits per heavy atom. The molecular weight excluding hydrogens is 759 g/mol. The Hall–Kier alpha value is -4.68. The molecule has 0 unspecified atom stereocenters. The van der Waals surface area contributed by atoms with Crippen LogP contribution in [-0.2, 0) is 20.9 Å². The van der Waals surface area contributed by atoms with Gasteiger partial charge in [-0.2, -0.15) is 0 Å². The standard InChI is InChI=1S/C49H63N3O8/c1-4-7-29-57-48(55)52(34-37-18-14-17-35-15-8-9-19-39(35)37)45-33-43(50-59-6-3)41-31-36(16-10-12-26-53)40(20-11-13-27-54)46-42-32-38(56-30-25-51-23-24-51)21-22-44(42)60-49(45,47(41)46)58-28-5-2/h4-5,8-9,14-15,17-19,21-22,31-32,36,40,45-47,53-54H,1-2,6-7,10-13,16,20,23-30,33-34H2,3H3/t36-,40+,45-,46+,47+,49+/m0/s1. The summed E-state index contributed by atoms with van der Waals surface area (Å²) in [5.41, 5.74) is 3.73. The molecule has 0 bridgehead atoms. The van der Waals surface area contributed by atoms with Gasteiger partial charge in [0.15, 0.2) is 0 Å². The van der Waals surface area contributed by atoms with E-state index in [1.807, 2.05) is 37.3 Å². The summed E-state index contributed by atoms with van der Waals surface area (Å²) in [5.74, 6) is -0.304. The highest BCUT2D eigenvalue weighted by molar-refractivity contribution is 6.03. The molecule has 2 fully saturated rings. The number of hydrogen-bond donors (Lipinski definition) is 2. The minimum absolute atomic E-state index is 0.101. The first-order chi connectivity index (χ1) is 29.5. The van der Waals surface area contributed by atoms with Crippen molar-refractivity contribution in [2.75, 3.05) is 59.3 Å². The molecule has 322 valence electrons. The van der Waals surface area contributed by atoms with Crippen LogP contribution < -0.4 is 9.47 Å². The molecule has 1 saturated carbocycles. The number of amides is 1. The maximum absolute atomic E-state index is 14.8. The van der Waals surface area contributed by atoms with Gasteiger partial charge in [0.1, 0.15) is 30.8 Å². The quantitative estimate of drug-likeness (QED) is 0.0421. The number of hydrogen-bond acceptors (Lipinski definition) is 10. The van der Waals surface area contributed by atoms with E-state index in [2.05, 4.69) is 54.5 Å². The molecule has 60 heavy (non-hydrogen) atoms. The molecule has 1 saturated heterocycles. The molecule has 4 aliphatic rings. The second-order valence-electron chi connectivity index (χ2n) is 16.3. The second-order valence-corrected chi connectivity index (χ2v) is 16.3. The van der Waals surface area contributed by atoms with Gasteiger partial charge in [-0.25, -0.2) is 4.79 Å². The highest BCUT2D eigenvalue weighted by Crippen LogP contribution is 2.62. The molecular formula is C49H63N3O8. The van der Waals surface area contributed by atoms with Crippen molar-refractivity contribution in [3.8, 4) is 11.5 Å². The SMILES string of the molecule is C=CCCOC(=O)N(Cc1cccc2ccccc12)[C@H]1CC(=NOCC)C2=C[C@H](CCCCO)[C@@H](CCCCO)[C@@H]3c4cc(OCCN5CC5)ccc4O[C@@]1(OCC=C)[C@H]23. The molecule has 0 radical (unpaired) electrons. The lowest BCUT2D eigenvalue weighted by Crippen LogP contribution is -2.70. The monoisotopic (exact) mass is 821 g/mol. The third kappa shape index (κ3) is 9.60. The topological polar surface area (TPSA) is 122 Å². The van der Waals surface area contributed by atoms with Crippen LogP contribution in [0, 0.1) is 17.8 Å². The third-order valence-corrected chi connectivity index (χ3v) is 12.5. The normalized spacial score (nSPS) is 24.8. The highest BCUT2D eigenvalue weighted by atomic mass is 16.7. The maximum Gasteiger partial charge on any atom is 0.410 e. The van der Waals surface area contributed by atoms with Crippen LogP contribution in [0.1, 0.15) is 75.3 Å². The van der Waals surface area contributed by atoms with Crippen LogP contribution in [0.4, 0.5) is 4.79 Å². The van der Waals surface area contributed by atoms with E-state index in [9.17, 15) is 15.0 Å². The molecule has 2 heterocycles. The Bertz CT molecular complexity index is 1990. The van der Waals surface area contributed by atoms with E-state index in [-0.39, 0.29) is 57.1 Å². The van der Waals surface area contributed by atoms with Gasteiger partial charge in [-0.3, -0.25) is 9.80 Å². The number of aliphatic hydroxyl groups is 2. The largest absolute Gasteiger partial charge is 0.492 e. The summed E-state index contributed by atoms with van der Waals surface area (Å²) in [5, 5.41) is 26.8. The first-order valence-electron chi connectivity index (χ1n) is 22.0. The number of ether oxygens (including phenoxy) is 4. The Labute approximate surface area is 355 Å². The van der Waals surface area contributed by atoms with Gasteiger partial charge < -0.3 is 34.0 Å². The average Bonchev–Trinajstić information content (AvgIpc) is 4.10. The maximum atomic E-state index is 14.8. The summed E-state index contributed by atoms with van der Waals surface area (Å²) in [4.78, 5) is 24.8. The summed E-state index contributed by atoms with van der Waals surface area (Å²) in [6.45, 7) is 14.7. The number of benzene rings is 3. The molecule has 2 aliphatic carbocycles. The molecule has 6 atom stereocenters. The van der Waals surface area contributed by atoms with Gasteiger partial charge in [0.2, 0.25) is 5.79 Å². The molecule has 3 aromatic rings. The number of fused-ring (bicyclic) bond motifs is 3. The molecule has 11 nitrogen and oxygen atoms in total. The zero-order chi connectivity index (χ0) is 41.9. The predicted molar refractivity (Wildman–Crippen MR) is 234 cm³/mol. The molecule has 2 N–H and O–H groups in total. The van der Waals surface area contributed by atoms with Crippen molar-refractivity contribution in [2.45, 2.75) is 82.6 Å². The fraction of sp³-hybridized carbons (Fsp3) is 0.510. The molecule has 3 aromatic carbocycles. The van der Waals surface area contributed by atoms with Crippen LogP contribution >= 0.6 is 0 Å². The first-order valence-corrected chi connectivity index (χ1v) is 22.0. The van der Waals surface area contributed by atoms with E-state index in [1.54, 1.807) is 17.1 Å². The van der Waals surface area contributed by atoms with Gasteiger partial charge in [0.05, 0.1) is 31.4 Å². The van der Waals surface area contributed by atoms with Gasteiger partial charge in [0, 0.05) is 50.8 Å². The number of carbonyl (C=O) groups is 1. The smallest absolute Gasteiger partial charge is 0.410 e. The van der Waals surface area contributed by atoms with Crippen molar-refractivity contribution in [2.24, 2.45) is 22.9 Å². The Morgan fingerprint density at radius 1 is 1.00 bits per heavy atom. The van der Waals surface area contributed by atoms with E-state index in [0.29, 0.717) is 38.2 Å². The number of allylic oxidation sites excluding steroid dienone is 1. The lowest BCUT2D eigenvalue weighted by molar-refractivity contribution is -0.256. The van der Waals surface area contributed by atoms with Gasteiger partial charge in [0.25, 0.3) is 0 Å². The third-order valence-electron chi connectivity index (χ3n) is 12.5. The van der Waals surface area contributed by atoms with E-state index < -0.39 is 23.8 Å². The lowest BCUT2D eigenvalue weighted by atomic mass is 9.55. The average molecular weight is 822 g/mol. The summed E-state index contributed by atoms with van der Waals surface area (Å²) in [7, 11) is 0. The first kappa shape index (κ1) is 43.4. The van der Waals surface area contributed by atoms with Crippen molar-refractivity contribution >= 4 is 22.6 Å². The number of carbonyl (C=O) groups excluding carboxylic acids is 1. The Morgan fingerprint density at radius 2 is 1.80 bits per heavy atom. The summed E-state index contributed by atoms with van der Waals surface area (Å²) >= 11 is 0. The van der Waals surface area contributed by atoms with Gasteiger partial charge in [-0.15, -0.1) is 13.2 Å². The number of oxime groups is 1. The van der Waals surface area contributed by atoms with Crippen molar-refractivity contribution in [3.63, 3.8) is 0 Å². The van der Waals surface area contributed by atoms with Crippen LogP contribution in [0.25, 0.3) is 10.8 Å². The van der Waals surface area contributed by atoms with Crippen LogP contribution in [0.5, 0.6) is 11.5 Å². The van der Waals surface area contributed by atoms with E-state index in [4.69, 9.17) is 28.9 Å².